The van der Waals surface area contributed by atoms with E-state index in [1.165, 1.54) is 17.0 Å². The van der Waals surface area contributed by atoms with Gasteiger partial charge in [-0.1, -0.05) is 59.7 Å². The number of benzene rings is 2. The molecule has 2 fully saturated rings. The molecule has 188 valence electrons. The molecule has 2 aliphatic rings. The number of alkyl halides is 3. The maximum absolute atomic E-state index is 14.6. The standard InChI is InChI=1S/C27H31F3N2O3/c1-18-13-19(2)15-21(14-18)26(35-3,27(28,29)30)24(34)32-11-9-25(10-12-32)16-23(33)31-17-22(25)20-7-5-4-6-8-20/h4-8,13-15,22H,9-12,16-17H2,1-3H3,(H,31,33)/t22-,26?/m0/s1. The molecule has 0 bridgehead atoms. The number of rotatable bonds is 4. The Kier molecular flexibility index (Phi) is 6.70. The zero-order chi connectivity index (χ0) is 25.4. The number of hydrogen-bond donors (Lipinski definition) is 1. The molecule has 0 saturated carbocycles. The van der Waals surface area contributed by atoms with E-state index in [0.717, 1.165) is 12.7 Å². The van der Waals surface area contributed by atoms with Crippen LogP contribution in [-0.4, -0.2) is 49.6 Å². The molecule has 2 heterocycles. The number of halogens is 3. The van der Waals surface area contributed by atoms with Crippen molar-refractivity contribution in [2.75, 3.05) is 26.7 Å². The van der Waals surface area contributed by atoms with E-state index in [9.17, 15) is 22.8 Å². The molecule has 2 amide bonds. The smallest absolute Gasteiger partial charge is 0.356 e. The lowest BCUT2D eigenvalue weighted by Crippen LogP contribution is -2.60. The fourth-order valence-electron chi connectivity index (χ4n) is 5.90. The van der Waals surface area contributed by atoms with Gasteiger partial charge in [-0.3, -0.25) is 9.59 Å². The Balaban J connectivity index is 1.65. The van der Waals surface area contributed by atoms with Gasteiger partial charge in [-0.25, -0.2) is 0 Å². The number of nitrogens with zero attached hydrogens (tertiary/aromatic N) is 1. The third-order valence-electron chi connectivity index (χ3n) is 7.64. The molecule has 8 heteroatoms. The second-order valence-electron chi connectivity index (χ2n) is 9.86. The van der Waals surface area contributed by atoms with E-state index >= 15 is 0 Å². The van der Waals surface area contributed by atoms with Crippen LogP contribution in [0.25, 0.3) is 0 Å². The fourth-order valence-corrected chi connectivity index (χ4v) is 5.90. The largest absolute Gasteiger partial charge is 0.430 e. The number of likely N-dealkylation sites (tertiary alicyclic amines) is 1. The summed E-state index contributed by atoms with van der Waals surface area (Å²) in [6.07, 6.45) is -3.78. The number of nitrogens with one attached hydrogen (secondary N) is 1. The molecule has 0 radical (unpaired) electrons. The van der Waals surface area contributed by atoms with E-state index in [1.54, 1.807) is 19.9 Å². The predicted octanol–water partition coefficient (Wildman–Crippen LogP) is 4.62. The van der Waals surface area contributed by atoms with Crippen molar-refractivity contribution >= 4 is 11.8 Å². The molecule has 1 unspecified atom stereocenters. The van der Waals surface area contributed by atoms with Gasteiger partial charge in [0.2, 0.25) is 5.91 Å². The highest BCUT2D eigenvalue weighted by molar-refractivity contribution is 5.88. The van der Waals surface area contributed by atoms with Crippen LogP contribution >= 0.6 is 0 Å². The van der Waals surface area contributed by atoms with Gasteiger partial charge >= 0.3 is 6.18 Å². The van der Waals surface area contributed by atoms with Crippen molar-refractivity contribution in [2.24, 2.45) is 5.41 Å². The number of carbonyl (C=O) groups is 2. The number of ether oxygens (including phenoxy) is 1. The third-order valence-corrected chi connectivity index (χ3v) is 7.64. The summed E-state index contributed by atoms with van der Waals surface area (Å²) in [5.41, 5.74) is -1.38. The van der Waals surface area contributed by atoms with Crippen LogP contribution < -0.4 is 5.32 Å². The summed E-state index contributed by atoms with van der Waals surface area (Å²) in [5, 5.41) is 2.93. The Morgan fingerprint density at radius 3 is 2.20 bits per heavy atom. The van der Waals surface area contributed by atoms with E-state index < -0.39 is 23.1 Å². The Bertz CT molecular complexity index is 1070. The summed E-state index contributed by atoms with van der Waals surface area (Å²) in [5.74, 6) is -1.13. The van der Waals surface area contributed by atoms with Gasteiger partial charge in [-0.05, 0) is 37.7 Å². The van der Waals surface area contributed by atoms with Crippen LogP contribution in [0.4, 0.5) is 13.2 Å². The molecule has 2 aromatic carbocycles. The number of aryl methyl sites for hydroxylation is 2. The van der Waals surface area contributed by atoms with Gasteiger partial charge in [0.1, 0.15) is 0 Å². The molecule has 2 atom stereocenters. The summed E-state index contributed by atoms with van der Waals surface area (Å²) in [7, 11) is 0.936. The lowest BCUT2D eigenvalue weighted by Gasteiger charge is -2.50. The van der Waals surface area contributed by atoms with Gasteiger partial charge in [0.25, 0.3) is 11.5 Å². The zero-order valence-electron chi connectivity index (χ0n) is 20.2. The van der Waals surface area contributed by atoms with Gasteiger partial charge in [-0.15, -0.1) is 0 Å². The minimum atomic E-state index is -4.95. The second-order valence-corrected chi connectivity index (χ2v) is 9.86. The van der Waals surface area contributed by atoms with Gasteiger partial charge in [-0.2, -0.15) is 13.2 Å². The number of amides is 2. The van der Waals surface area contributed by atoms with Crippen LogP contribution in [0.3, 0.4) is 0 Å². The first kappa shape index (κ1) is 25.2. The molecule has 1 spiro atoms. The summed E-state index contributed by atoms with van der Waals surface area (Å²) < 4.78 is 48.8. The van der Waals surface area contributed by atoms with Crippen molar-refractivity contribution in [1.29, 1.82) is 0 Å². The van der Waals surface area contributed by atoms with Crippen molar-refractivity contribution in [3.63, 3.8) is 0 Å². The SMILES string of the molecule is COC(C(=O)N1CCC2(CC1)CC(=O)NC[C@H]2c1ccccc1)(c1cc(C)cc(C)c1)C(F)(F)F. The summed E-state index contributed by atoms with van der Waals surface area (Å²) >= 11 is 0. The minimum Gasteiger partial charge on any atom is -0.356 e. The van der Waals surface area contributed by atoms with Crippen molar-refractivity contribution < 1.29 is 27.5 Å². The quantitative estimate of drug-likeness (QED) is 0.683. The lowest BCUT2D eigenvalue weighted by molar-refractivity contribution is -0.271. The first-order valence-electron chi connectivity index (χ1n) is 11.8. The highest BCUT2D eigenvalue weighted by atomic mass is 19.4. The monoisotopic (exact) mass is 488 g/mol. The molecule has 4 rings (SSSR count). The van der Waals surface area contributed by atoms with E-state index in [2.05, 4.69) is 5.32 Å². The number of hydrogen-bond acceptors (Lipinski definition) is 3. The highest BCUT2D eigenvalue weighted by Gasteiger charge is 2.64. The van der Waals surface area contributed by atoms with Crippen LogP contribution in [0.1, 0.15) is 47.4 Å². The molecule has 2 aromatic rings. The average Bonchev–Trinajstić information content (AvgIpc) is 2.79. The molecule has 2 saturated heterocycles. The third kappa shape index (κ3) is 4.44. The van der Waals surface area contributed by atoms with E-state index in [4.69, 9.17) is 4.74 Å². The van der Waals surface area contributed by atoms with Crippen molar-refractivity contribution in [2.45, 2.75) is 50.8 Å². The molecule has 1 N–H and O–H groups in total. The first-order valence-corrected chi connectivity index (χ1v) is 11.8. The second kappa shape index (κ2) is 9.30. The Labute approximate surface area is 203 Å². The Hall–Kier alpha value is -2.87. The van der Waals surface area contributed by atoms with E-state index in [0.29, 0.717) is 36.9 Å². The molecule has 35 heavy (non-hydrogen) atoms. The topological polar surface area (TPSA) is 58.6 Å². The molecular weight excluding hydrogens is 457 g/mol. The summed E-state index contributed by atoms with van der Waals surface area (Å²) in [4.78, 5) is 27.2. The fraction of sp³-hybridized carbons (Fsp3) is 0.481. The van der Waals surface area contributed by atoms with Crippen molar-refractivity contribution in [3.05, 3.63) is 70.8 Å². The molecule has 5 nitrogen and oxygen atoms in total. The summed E-state index contributed by atoms with van der Waals surface area (Å²) in [6, 6.07) is 14.3. The van der Waals surface area contributed by atoms with Gasteiger partial charge in [0.15, 0.2) is 0 Å². The van der Waals surface area contributed by atoms with Crippen LogP contribution in [0.2, 0.25) is 0 Å². The van der Waals surface area contributed by atoms with Crippen LogP contribution in [-0.2, 0) is 19.9 Å². The van der Waals surface area contributed by atoms with Crippen molar-refractivity contribution in [1.82, 2.24) is 10.2 Å². The maximum atomic E-state index is 14.6. The Morgan fingerprint density at radius 2 is 1.66 bits per heavy atom. The zero-order valence-corrected chi connectivity index (χ0v) is 20.2. The van der Waals surface area contributed by atoms with Crippen LogP contribution in [0.15, 0.2) is 48.5 Å². The predicted molar refractivity (Wildman–Crippen MR) is 126 cm³/mol. The number of methoxy groups -OCH3 is 1. The van der Waals surface area contributed by atoms with Crippen molar-refractivity contribution in [3.8, 4) is 0 Å². The van der Waals surface area contributed by atoms with E-state index in [1.807, 2.05) is 30.3 Å². The average molecular weight is 489 g/mol. The number of carbonyl (C=O) groups excluding carboxylic acids is 2. The lowest BCUT2D eigenvalue weighted by atomic mass is 9.62. The van der Waals surface area contributed by atoms with Gasteiger partial charge in [0, 0.05) is 44.6 Å². The summed E-state index contributed by atoms with van der Waals surface area (Å²) in [6.45, 7) is 4.12. The van der Waals surface area contributed by atoms with Gasteiger partial charge < -0.3 is 15.0 Å². The maximum Gasteiger partial charge on any atom is 0.430 e. The Morgan fingerprint density at radius 1 is 1.06 bits per heavy atom. The highest BCUT2D eigenvalue weighted by Crippen LogP contribution is 2.50. The molecular formula is C27H31F3N2O3. The minimum absolute atomic E-state index is 0.0351. The van der Waals surface area contributed by atoms with E-state index in [-0.39, 0.29) is 30.5 Å². The van der Waals surface area contributed by atoms with Gasteiger partial charge in [0.05, 0.1) is 0 Å². The molecule has 2 aliphatic heterocycles. The molecule has 0 aliphatic carbocycles. The first-order chi connectivity index (χ1) is 16.5. The van der Waals surface area contributed by atoms with Crippen LogP contribution in [0.5, 0.6) is 0 Å². The van der Waals surface area contributed by atoms with Crippen LogP contribution in [0, 0.1) is 19.3 Å². The normalized spacial score (nSPS) is 21.9. The molecule has 0 aromatic heterocycles. The number of piperidine rings is 2.